The summed E-state index contributed by atoms with van der Waals surface area (Å²) < 4.78 is 15.1. The summed E-state index contributed by atoms with van der Waals surface area (Å²) in [7, 11) is 2.68. The molecule has 7 nitrogen and oxygen atoms in total. The van der Waals surface area contributed by atoms with E-state index in [1.54, 1.807) is 30.5 Å². The van der Waals surface area contributed by atoms with Gasteiger partial charge >= 0.3 is 5.97 Å². The lowest BCUT2D eigenvalue weighted by atomic mass is 10.1. The van der Waals surface area contributed by atoms with Gasteiger partial charge in [-0.1, -0.05) is 18.2 Å². The maximum atomic E-state index is 11.7. The number of rotatable bonds is 6. The second-order valence-electron chi connectivity index (χ2n) is 4.50. The second-order valence-corrected chi connectivity index (χ2v) is 4.50. The molecule has 1 heterocycles. The SMILES string of the molecule is COC=C(OC1C=CC=CC1=C=NNc1ccccn1)C(=O)OC. The Balaban J connectivity index is 2.14. The largest absolute Gasteiger partial charge is 0.500 e. The van der Waals surface area contributed by atoms with Gasteiger partial charge in [0, 0.05) is 12.1 Å². The number of ether oxygens (including phenoxy) is 3. The molecule has 124 valence electrons. The highest BCUT2D eigenvalue weighted by Crippen LogP contribution is 2.17. The molecule has 0 radical (unpaired) electrons. The van der Waals surface area contributed by atoms with Gasteiger partial charge in [0.2, 0.25) is 5.76 Å². The summed E-state index contributed by atoms with van der Waals surface area (Å²) in [5, 5.41) is 4.00. The van der Waals surface area contributed by atoms with Crippen LogP contribution in [0.15, 0.2) is 71.4 Å². The van der Waals surface area contributed by atoms with Crippen LogP contribution < -0.4 is 5.43 Å². The van der Waals surface area contributed by atoms with E-state index in [1.165, 1.54) is 20.5 Å². The highest BCUT2D eigenvalue weighted by molar-refractivity contribution is 5.86. The van der Waals surface area contributed by atoms with Gasteiger partial charge in [-0.25, -0.2) is 9.78 Å². The number of hydrazone groups is 1. The normalized spacial score (nSPS) is 16.2. The first-order valence-electron chi connectivity index (χ1n) is 7.07. The first kappa shape index (κ1) is 17.1. The third kappa shape index (κ3) is 4.86. The Morgan fingerprint density at radius 2 is 2.25 bits per heavy atom. The minimum Gasteiger partial charge on any atom is -0.500 e. The highest BCUT2D eigenvalue weighted by Gasteiger charge is 2.20. The lowest BCUT2D eigenvalue weighted by Crippen LogP contribution is -2.19. The fraction of sp³-hybridized carbons (Fsp3) is 0.176. The van der Waals surface area contributed by atoms with Gasteiger partial charge in [0.05, 0.1) is 19.8 Å². The van der Waals surface area contributed by atoms with Gasteiger partial charge in [-0.05, 0) is 24.3 Å². The van der Waals surface area contributed by atoms with E-state index >= 15 is 0 Å². The molecule has 0 spiro atoms. The van der Waals surface area contributed by atoms with Crippen molar-refractivity contribution in [1.82, 2.24) is 4.98 Å². The topological polar surface area (TPSA) is 82.0 Å². The van der Waals surface area contributed by atoms with Crippen LogP contribution in [0.5, 0.6) is 0 Å². The smallest absolute Gasteiger partial charge is 0.376 e. The Morgan fingerprint density at radius 3 is 2.96 bits per heavy atom. The molecule has 1 aliphatic carbocycles. The molecule has 0 aliphatic heterocycles. The van der Waals surface area contributed by atoms with E-state index in [2.05, 4.69) is 26.1 Å². The summed E-state index contributed by atoms with van der Waals surface area (Å²) in [6, 6.07) is 5.42. The molecular formula is C17H17N3O4. The Bertz CT molecular complexity index is 717. The fourth-order valence-corrected chi connectivity index (χ4v) is 1.77. The number of carbonyl (C=O) groups is 1. The molecule has 1 aliphatic rings. The van der Waals surface area contributed by atoms with Gasteiger partial charge in [-0.2, -0.15) is 0 Å². The number of nitrogens with one attached hydrogen (secondary N) is 1. The van der Waals surface area contributed by atoms with Crippen molar-refractivity contribution in [1.29, 1.82) is 0 Å². The van der Waals surface area contributed by atoms with Crippen molar-refractivity contribution in [3.05, 3.63) is 66.3 Å². The fourth-order valence-electron chi connectivity index (χ4n) is 1.77. The maximum Gasteiger partial charge on any atom is 0.376 e. The second kappa shape index (κ2) is 8.97. The quantitative estimate of drug-likeness (QED) is 0.283. The number of allylic oxidation sites excluding steroid dienone is 2. The summed E-state index contributed by atoms with van der Waals surface area (Å²) in [5.74, 6) is 2.73. The van der Waals surface area contributed by atoms with Crippen LogP contribution in [0.25, 0.3) is 0 Å². The molecule has 1 atom stereocenters. The highest BCUT2D eigenvalue weighted by atomic mass is 16.6. The minimum atomic E-state index is -0.636. The molecule has 0 amide bonds. The Morgan fingerprint density at radius 1 is 1.38 bits per heavy atom. The molecule has 1 N–H and O–H groups in total. The average Bonchev–Trinajstić information content (AvgIpc) is 2.63. The third-order valence-corrected chi connectivity index (χ3v) is 2.87. The van der Waals surface area contributed by atoms with E-state index in [1.807, 2.05) is 18.2 Å². The number of aromatic nitrogens is 1. The summed E-state index contributed by atoms with van der Waals surface area (Å²) >= 11 is 0. The average molecular weight is 327 g/mol. The van der Waals surface area contributed by atoms with E-state index in [4.69, 9.17) is 9.47 Å². The number of esters is 1. The lowest BCUT2D eigenvalue weighted by molar-refractivity contribution is -0.140. The van der Waals surface area contributed by atoms with Crippen LogP contribution in [0.2, 0.25) is 0 Å². The number of anilines is 1. The van der Waals surface area contributed by atoms with Gasteiger partial charge in [0.25, 0.3) is 0 Å². The van der Waals surface area contributed by atoms with Crippen LogP contribution in [-0.4, -0.2) is 37.1 Å². The van der Waals surface area contributed by atoms with Gasteiger partial charge < -0.3 is 14.2 Å². The third-order valence-electron chi connectivity index (χ3n) is 2.87. The van der Waals surface area contributed by atoms with Crippen molar-refractivity contribution in [3.8, 4) is 0 Å². The van der Waals surface area contributed by atoms with Gasteiger partial charge in [0.1, 0.15) is 12.1 Å². The molecule has 0 saturated heterocycles. The van der Waals surface area contributed by atoms with Crippen molar-refractivity contribution in [2.75, 3.05) is 19.6 Å². The Kier molecular flexibility index (Phi) is 6.37. The van der Waals surface area contributed by atoms with Crippen LogP contribution in [0, 0.1) is 0 Å². The van der Waals surface area contributed by atoms with E-state index < -0.39 is 12.1 Å². The van der Waals surface area contributed by atoms with Crippen LogP contribution in [0.4, 0.5) is 5.82 Å². The van der Waals surface area contributed by atoms with Gasteiger partial charge in [-0.15, -0.1) is 5.10 Å². The lowest BCUT2D eigenvalue weighted by Gasteiger charge is -2.17. The molecule has 1 aromatic heterocycles. The summed E-state index contributed by atoms with van der Waals surface area (Å²) in [6.07, 6.45) is 9.42. The van der Waals surface area contributed by atoms with Gasteiger partial charge in [-0.3, -0.25) is 5.43 Å². The number of methoxy groups -OCH3 is 2. The summed E-state index contributed by atoms with van der Waals surface area (Å²) in [6.45, 7) is 0. The first-order valence-corrected chi connectivity index (χ1v) is 7.07. The maximum absolute atomic E-state index is 11.7. The molecule has 0 bridgehead atoms. The zero-order chi connectivity index (χ0) is 17.2. The van der Waals surface area contributed by atoms with Crippen molar-refractivity contribution in [2.45, 2.75) is 6.10 Å². The number of pyridine rings is 1. The molecule has 1 aromatic rings. The van der Waals surface area contributed by atoms with E-state index in [0.717, 1.165) is 0 Å². The number of hydrogen-bond donors (Lipinski definition) is 1. The molecule has 7 heteroatoms. The van der Waals surface area contributed by atoms with E-state index in [0.29, 0.717) is 11.4 Å². The van der Waals surface area contributed by atoms with Crippen LogP contribution in [-0.2, 0) is 19.0 Å². The number of nitrogens with zero attached hydrogens (tertiary/aromatic N) is 2. The zero-order valence-electron chi connectivity index (χ0n) is 13.3. The number of hydrogen-bond acceptors (Lipinski definition) is 7. The van der Waals surface area contributed by atoms with Crippen molar-refractivity contribution < 1.29 is 19.0 Å². The summed E-state index contributed by atoms with van der Waals surface area (Å²) in [5.41, 5.74) is 3.38. The summed E-state index contributed by atoms with van der Waals surface area (Å²) in [4.78, 5) is 15.8. The first-order chi connectivity index (χ1) is 11.7. The molecule has 0 aromatic carbocycles. The minimum absolute atomic E-state index is 0.0538. The molecule has 2 rings (SSSR count). The van der Waals surface area contributed by atoms with Gasteiger partial charge in [0.15, 0.2) is 6.10 Å². The molecular weight excluding hydrogens is 310 g/mol. The predicted molar refractivity (Wildman–Crippen MR) is 89.1 cm³/mol. The standard InChI is InChI=1S/C17H17N3O4/c1-22-12-15(17(21)23-2)24-14-8-4-3-7-13(14)11-19-20-16-9-5-6-10-18-16/h3-10,12,14H,1-2H3,(H,18,20). The van der Waals surface area contributed by atoms with Crippen molar-refractivity contribution in [3.63, 3.8) is 0 Å². The van der Waals surface area contributed by atoms with E-state index in [9.17, 15) is 4.79 Å². The molecule has 0 saturated carbocycles. The monoisotopic (exact) mass is 327 g/mol. The predicted octanol–water partition coefficient (Wildman–Crippen LogP) is 2.18. The Hall–Kier alpha value is -3.31. The van der Waals surface area contributed by atoms with Crippen LogP contribution in [0.3, 0.4) is 0 Å². The van der Waals surface area contributed by atoms with Crippen LogP contribution in [0.1, 0.15) is 0 Å². The molecule has 0 fully saturated rings. The van der Waals surface area contributed by atoms with Crippen LogP contribution >= 0.6 is 0 Å². The zero-order valence-corrected chi connectivity index (χ0v) is 13.3. The van der Waals surface area contributed by atoms with Crippen molar-refractivity contribution in [2.24, 2.45) is 5.10 Å². The Labute approximate surface area is 139 Å². The number of carbonyl (C=O) groups excluding carboxylic acids is 1. The molecule has 24 heavy (non-hydrogen) atoms. The molecule has 1 unspecified atom stereocenters. The van der Waals surface area contributed by atoms with Crippen molar-refractivity contribution >= 4 is 17.7 Å². The van der Waals surface area contributed by atoms with E-state index in [-0.39, 0.29) is 5.76 Å².